The number of nitrogens with zero attached hydrogens (tertiary/aromatic N) is 2. The maximum absolute atomic E-state index is 10.8. The van der Waals surface area contributed by atoms with Gasteiger partial charge in [-0.05, 0) is 19.1 Å². The number of pyridine rings is 1. The third-order valence-electron chi connectivity index (χ3n) is 2.37. The summed E-state index contributed by atoms with van der Waals surface area (Å²) in [6.07, 6.45) is 1.65. The molecule has 0 aliphatic rings. The number of nitrogens with one attached hydrogen (secondary N) is 1. The molecule has 0 spiro atoms. The van der Waals surface area contributed by atoms with Gasteiger partial charge in [0, 0.05) is 11.9 Å². The Kier molecular flexibility index (Phi) is 2.88. The number of carboxylic acid groups (broad SMARTS) is 1. The lowest BCUT2D eigenvalue weighted by molar-refractivity contribution is -0.138. The van der Waals surface area contributed by atoms with Crippen LogP contribution in [0.1, 0.15) is 17.6 Å². The number of carbonyl (C=O) groups is 1. The van der Waals surface area contributed by atoms with E-state index in [1.165, 1.54) is 0 Å². The largest absolute Gasteiger partial charge is 0.480 e. The summed E-state index contributed by atoms with van der Waals surface area (Å²) < 4.78 is 0. The van der Waals surface area contributed by atoms with Crippen molar-refractivity contribution in [3.05, 3.63) is 35.9 Å². The van der Waals surface area contributed by atoms with Crippen LogP contribution in [0.4, 0.5) is 0 Å². The van der Waals surface area contributed by atoms with Crippen LogP contribution in [0.25, 0.3) is 11.4 Å². The van der Waals surface area contributed by atoms with Gasteiger partial charge in [-0.25, -0.2) is 4.98 Å². The quantitative estimate of drug-likeness (QED) is 0.728. The molecule has 0 aliphatic carbocycles. The van der Waals surface area contributed by atoms with E-state index in [0.717, 1.165) is 5.69 Å². The summed E-state index contributed by atoms with van der Waals surface area (Å²) in [5, 5.41) is 8.81. The SMILES string of the molecule is Cc1[nH]c(C(N)C(=O)O)nc1-c1ccccn1. The first-order chi connectivity index (χ1) is 8.09. The van der Waals surface area contributed by atoms with Gasteiger partial charge in [0.05, 0.1) is 5.69 Å². The number of rotatable bonds is 3. The Labute approximate surface area is 97.5 Å². The molecule has 2 aromatic heterocycles. The fourth-order valence-corrected chi connectivity index (χ4v) is 1.50. The van der Waals surface area contributed by atoms with E-state index in [9.17, 15) is 4.79 Å². The maximum atomic E-state index is 10.8. The second kappa shape index (κ2) is 4.34. The Morgan fingerprint density at radius 2 is 2.29 bits per heavy atom. The normalized spacial score (nSPS) is 12.4. The highest BCUT2D eigenvalue weighted by molar-refractivity contribution is 5.74. The number of carboxylic acids is 1. The van der Waals surface area contributed by atoms with Crippen molar-refractivity contribution in [3.63, 3.8) is 0 Å². The summed E-state index contributed by atoms with van der Waals surface area (Å²) in [6.45, 7) is 1.80. The van der Waals surface area contributed by atoms with Crippen LogP contribution in [-0.4, -0.2) is 26.0 Å². The zero-order valence-corrected chi connectivity index (χ0v) is 9.21. The second-order valence-electron chi connectivity index (χ2n) is 3.63. The maximum Gasteiger partial charge on any atom is 0.328 e. The van der Waals surface area contributed by atoms with Gasteiger partial charge in [0.1, 0.15) is 11.5 Å². The number of aromatic amines is 1. The molecule has 4 N–H and O–H groups in total. The van der Waals surface area contributed by atoms with Crippen LogP contribution in [0.15, 0.2) is 24.4 Å². The van der Waals surface area contributed by atoms with Gasteiger partial charge in [-0.2, -0.15) is 0 Å². The van der Waals surface area contributed by atoms with Crippen LogP contribution in [0.2, 0.25) is 0 Å². The fraction of sp³-hybridized carbons (Fsp3) is 0.182. The van der Waals surface area contributed by atoms with E-state index < -0.39 is 12.0 Å². The van der Waals surface area contributed by atoms with Crippen molar-refractivity contribution in [2.45, 2.75) is 13.0 Å². The highest BCUT2D eigenvalue weighted by Gasteiger charge is 2.20. The number of imidazole rings is 1. The average molecular weight is 232 g/mol. The molecule has 0 saturated heterocycles. The van der Waals surface area contributed by atoms with Crippen LogP contribution in [0, 0.1) is 6.92 Å². The standard InChI is InChI=1S/C11H12N4O2/c1-6-9(7-4-2-3-5-13-7)15-10(14-6)8(12)11(16)17/h2-5,8H,12H2,1H3,(H,14,15)(H,16,17). The van der Waals surface area contributed by atoms with Crippen molar-refractivity contribution in [1.29, 1.82) is 0 Å². The molecule has 17 heavy (non-hydrogen) atoms. The smallest absolute Gasteiger partial charge is 0.328 e. The summed E-state index contributed by atoms with van der Waals surface area (Å²) in [5.41, 5.74) is 7.54. The van der Waals surface area contributed by atoms with Crippen LogP contribution in [-0.2, 0) is 4.79 Å². The van der Waals surface area contributed by atoms with E-state index in [-0.39, 0.29) is 5.82 Å². The summed E-state index contributed by atoms with van der Waals surface area (Å²) >= 11 is 0. The van der Waals surface area contributed by atoms with E-state index in [4.69, 9.17) is 10.8 Å². The van der Waals surface area contributed by atoms with Crippen LogP contribution >= 0.6 is 0 Å². The van der Waals surface area contributed by atoms with Gasteiger partial charge in [-0.15, -0.1) is 0 Å². The van der Waals surface area contributed by atoms with Crippen molar-refractivity contribution in [3.8, 4) is 11.4 Å². The Hall–Kier alpha value is -2.21. The topological polar surface area (TPSA) is 105 Å². The molecule has 6 heteroatoms. The number of aromatic nitrogens is 3. The lowest BCUT2D eigenvalue weighted by atomic mass is 10.2. The highest BCUT2D eigenvalue weighted by Crippen LogP contribution is 2.20. The van der Waals surface area contributed by atoms with Gasteiger partial charge in [-0.3, -0.25) is 9.78 Å². The molecule has 0 aliphatic heterocycles. The van der Waals surface area contributed by atoms with Crippen molar-refractivity contribution in [2.24, 2.45) is 5.73 Å². The average Bonchev–Trinajstić information content (AvgIpc) is 2.71. The fourth-order valence-electron chi connectivity index (χ4n) is 1.50. The first-order valence-electron chi connectivity index (χ1n) is 5.06. The van der Waals surface area contributed by atoms with E-state index in [1.54, 1.807) is 25.3 Å². The zero-order chi connectivity index (χ0) is 12.4. The molecule has 0 amide bonds. The minimum absolute atomic E-state index is 0.232. The van der Waals surface area contributed by atoms with Crippen molar-refractivity contribution >= 4 is 5.97 Å². The molecule has 88 valence electrons. The first kappa shape index (κ1) is 11.3. The number of hydrogen-bond acceptors (Lipinski definition) is 4. The van der Waals surface area contributed by atoms with Crippen molar-refractivity contribution < 1.29 is 9.90 Å². The van der Waals surface area contributed by atoms with Crippen LogP contribution in [0.3, 0.4) is 0 Å². The van der Waals surface area contributed by atoms with E-state index >= 15 is 0 Å². The lowest BCUT2D eigenvalue weighted by Crippen LogP contribution is -2.21. The number of H-pyrrole nitrogens is 1. The minimum atomic E-state index is -1.15. The molecule has 0 saturated carbocycles. The molecular weight excluding hydrogens is 220 g/mol. The van der Waals surface area contributed by atoms with E-state index in [0.29, 0.717) is 11.4 Å². The van der Waals surface area contributed by atoms with Gasteiger partial charge in [0.2, 0.25) is 0 Å². The monoisotopic (exact) mass is 232 g/mol. The predicted octanol–water partition coefficient (Wildman–Crippen LogP) is 0.865. The summed E-state index contributed by atoms with van der Waals surface area (Å²) in [4.78, 5) is 22.0. The molecule has 0 aromatic carbocycles. The number of aliphatic carboxylic acids is 1. The Bertz CT molecular complexity index is 536. The third kappa shape index (κ3) is 2.16. The minimum Gasteiger partial charge on any atom is -0.480 e. The summed E-state index contributed by atoms with van der Waals surface area (Å²) in [7, 11) is 0. The molecule has 2 rings (SSSR count). The highest BCUT2D eigenvalue weighted by atomic mass is 16.4. The molecule has 2 heterocycles. The van der Waals surface area contributed by atoms with Crippen LogP contribution < -0.4 is 5.73 Å². The number of nitrogens with two attached hydrogens (primary N) is 1. The van der Waals surface area contributed by atoms with E-state index in [1.807, 2.05) is 6.07 Å². The molecule has 0 radical (unpaired) electrons. The molecule has 1 unspecified atom stereocenters. The van der Waals surface area contributed by atoms with Crippen molar-refractivity contribution in [1.82, 2.24) is 15.0 Å². The summed E-state index contributed by atoms with van der Waals surface area (Å²) in [6, 6.07) is 4.30. The second-order valence-corrected chi connectivity index (χ2v) is 3.63. The molecule has 0 bridgehead atoms. The lowest BCUT2D eigenvalue weighted by Gasteiger charge is -2.00. The van der Waals surface area contributed by atoms with Gasteiger partial charge in [0.15, 0.2) is 6.04 Å². The third-order valence-corrected chi connectivity index (χ3v) is 2.37. The number of hydrogen-bond donors (Lipinski definition) is 3. The van der Waals surface area contributed by atoms with Gasteiger partial charge < -0.3 is 15.8 Å². The number of aryl methyl sites for hydroxylation is 1. The molecule has 1 atom stereocenters. The molecule has 2 aromatic rings. The molecular formula is C11H12N4O2. The van der Waals surface area contributed by atoms with Gasteiger partial charge in [-0.1, -0.05) is 6.07 Å². The van der Waals surface area contributed by atoms with E-state index in [2.05, 4.69) is 15.0 Å². The zero-order valence-electron chi connectivity index (χ0n) is 9.21. The Morgan fingerprint density at radius 3 is 2.88 bits per heavy atom. The molecule has 0 fully saturated rings. The van der Waals surface area contributed by atoms with Gasteiger partial charge >= 0.3 is 5.97 Å². The van der Waals surface area contributed by atoms with Crippen molar-refractivity contribution in [2.75, 3.05) is 0 Å². The van der Waals surface area contributed by atoms with Crippen LogP contribution in [0.5, 0.6) is 0 Å². The summed E-state index contributed by atoms with van der Waals surface area (Å²) in [5.74, 6) is -0.887. The Morgan fingerprint density at radius 1 is 1.53 bits per heavy atom. The Balaban J connectivity index is 2.41. The molecule has 6 nitrogen and oxygen atoms in total. The predicted molar refractivity (Wildman–Crippen MR) is 61.1 cm³/mol. The first-order valence-corrected chi connectivity index (χ1v) is 5.06. The van der Waals surface area contributed by atoms with Gasteiger partial charge in [0.25, 0.3) is 0 Å².